The van der Waals surface area contributed by atoms with Crippen molar-refractivity contribution in [3.63, 3.8) is 0 Å². The zero-order valence-electron chi connectivity index (χ0n) is 16.4. The van der Waals surface area contributed by atoms with E-state index in [-0.39, 0.29) is 16.6 Å². The normalized spacial score (nSPS) is 20.3. The van der Waals surface area contributed by atoms with Crippen LogP contribution < -0.4 is 10.0 Å². The summed E-state index contributed by atoms with van der Waals surface area (Å²) >= 11 is 1.14. The predicted octanol–water partition coefficient (Wildman–Crippen LogP) is 2.72. The van der Waals surface area contributed by atoms with Crippen molar-refractivity contribution in [2.45, 2.75) is 30.2 Å². The Morgan fingerprint density at radius 1 is 1.17 bits per heavy atom. The minimum absolute atomic E-state index is 0.0792. The van der Waals surface area contributed by atoms with Gasteiger partial charge < -0.3 is 10.5 Å². The first-order valence-corrected chi connectivity index (χ1v) is 11.9. The number of anilines is 1. The Bertz CT molecular complexity index is 954. The first-order valence-electron chi connectivity index (χ1n) is 9.47. The third-order valence-corrected chi connectivity index (χ3v) is 7.62. The van der Waals surface area contributed by atoms with Crippen LogP contribution in [0, 0.1) is 17.0 Å². The van der Waals surface area contributed by atoms with Gasteiger partial charge in [-0.3, -0.25) is 4.79 Å². The van der Waals surface area contributed by atoms with Crippen LogP contribution in [0.1, 0.15) is 20.3 Å². The van der Waals surface area contributed by atoms with Crippen LogP contribution >= 0.6 is 11.8 Å². The largest absolute Gasteiger partial charge is 0.618 e. The molecule has 0 unspecified atom stereocenters. The summed E-state index contributed by atoms with van der Waals surface area (Å²) in [4.78, 5) is 12.4. The Balaban J connectivity index is 1.61. The van der Waals surface area contributed by atoms with Gasteiger partial charge in [0.2, 0.25) is 15.9 Å². The highest BCUT2D eigenvalue weighted by Gasteiger charge is 2.31. The van der Waals surface area contributed by atoms with Gasteiger partial charge in [0.1, 0.15) is 0 Å². The van der Waals surface area contributed by atoms with Crippen molar-refractivity contribution in [1.29, 1.82) is 0 Å². The van der Waals surface area contributed by atoms with E-state index >= 15 is 0 Å². The summed E-state index contributed by atoms with van der Waals surface area (Å²) in [6.45, 7) is 5.19. The van der Waals surface area contributed by atoms with Crippen molar-refractivity contribution in [2.24, 2.45) is 11.8 Å². The Labute approximate surface area is 175 Å². The number of carbonyl (C=O) groups is 1. The lowest BCUT2D eigenvalue weighted by atomic mass is 9.94. The Kier molecular flexibility index (Phi) is 6.81. The number of hydrogen-bond acceptors (Lipinski definition) is 5. The van der Waals surface area contributed by atoms with Crippen LogP contribution in [-0.2, 0) is 14.8 Å². The Morgan fingerprint density at radius 2 is 1.83 bits per heavy atom. The summed E-state index contributed by atoms with van der Waals surface area (Å²) in [7, 11) is -3.55. The molecule has 1 aromatic carbocycles. The first-order chi connectivity index (χ1) is 13.8. The fourth-order valence-corrected chi connectivity index (χ4v) is 5.92. The molecule has 0 saturated carbocycles. The molecule has 156 valence electrons. The molecule has 1 saturated heterocycles. The van der Waals surface area contributed by atoms with E-state index in [1.165, 1.54) is 18.3 Å². The van der Waals surface area contributed by atoms with Gasteiger partial charge in [-0.2, -0.15) is 9.04 Å². The van der Waals surface area contributed by atoms with Crippen molar-refractivity contribution in [3.05, 3.63) is 53.9 Å². The molecule has 0 spiro atoms. The van der Waals surface area contributed by atoms with Crippen molar-refractivity contribution in [1.82, 2.24) is 4.31 Å². The molecule has 1 fully saturated rings. The van der Waals surface area contributed by atoms with Gasteiger partial charge in [-0.05, 0) is 60.4 Å². The fraction of sp³-hybridized carbons (Fsp3) is 0.400. The second kappa shape index (κ2) is 9.15. The highest BCUT2D eigenvalue weighted by molar-refractivity contribution is 7.99. The molecular formula is C20H25N3O4S2. The monoisotopic (exact) mass is 435 g/mol. The number of thioether (sulfide) groups is 1. The second-order valence-electron chi connectivity index (χ2n) is 7.49. The molecule has 1 amide bonds. The van der Waals surface area contributed by atoms with Crippen molar-refractivity contribution >= 4 is 33.4 Å². The number of rotatable bonds is 6. The molecule has 2 heterocycles. The van der Waals surface area contributed by atoms with E-state index in [2.05, 4.69) is 19.2 Å². The molecule has 0 radical (unpaired) electrons. The van der Waals surface area contributed by atoms with Crippen LogP contribution in [-0.4, -0.2) is 37.5 Å². The van der Waals surface area contributed by atoms with Gasteiger partial charge in [-0.25, -0.2) is 8.42 Å². The van der Waals surface area contributed by atoms with Gasteiger partial charge in [0.05, 0.1) is 10.6 Å². The standard InChI is InChI=1S/C20H25N3O4S2/c1-15-11-16(2)13-22(12-15)29(26,27)18-8-6-17(7-9-18)21-19(24)14-28-20-5-3-4-10-23(20)25/h3-10,15-16H,11-14H2,1-2H3,(H,21,24)/t15-,16-/m1/s1. The number of piperidine rings is 1. The summed E-state index contributed by atoms with van der Waals surface area (Å²) in [5.74, 6) is 0.479. The Hall–Kier alpha value is -2.10. The molecule has 3 rings (SSSR count). The predicted molar refractivity (Wildman–Crippen MR) is 113 cm³/mol. The van der Waals surface area contributed by atoms with Crippen molar-refractivity contribution in [2.75, 3.05) is 24.2 Å². The first kappa shape index (κ1) is 21.6. The van der Waals surface area contributed by atoms with E-state index in [0.29, 0.717) is 40.4 Å². The average molecular weight is 436 g/mol. The van der Waals surface area contributed by atoms with Crippen LogP contribution in [0.3, 0.4) is 0 Å². The smallest absolute Gasteiger partial charge is 0.251 e. The minimum atomic E-state index is -3.55. The molecule has 1 aliphatic heterocycles. The van der Waals surface area contributed by atoms with Crippen LogP contribution in [0.25, 0.3) is 0 Å². The summed E-state index contributed by atoms with van der Waals surface area (Å²) in [6, 6.07) is 11.2. The van der Waals surface area contributed by atoms with Crippen LogP contribution in [0.15, 0.2) is 58.6 Å². The highest BCUT2D eigenvalue weighted by Crippen LogP contribution is 2.27. The maximum atomic E-state index is 12.9. The zero-order valence-corrected chi connectivity index (χ0v) is 18.1. The molecule has 7 nitrogen and oxygen atoms in total. The number of carbonyl (C=O) groups excluding carboxylic acids is 1. The zero-order chi connectivity index (χ0) is 21.0. The number of aromatic nitrogens is 1. The third kappa shape index (κ3) is 5.49. The number of benzene rings is 1. The minimum Gasteiger partial charge on any atom is -0.618 e. The molecule has 1 aromatic heterocycles. The molecule has 9 heteroatoms. The molecule has 2 aromatic rings. The summed E-state index contributed by atoms with van der Waals surface area (Å²) in [5.41, 5.74) is 0.512. The van der Waals surface area contributed by atoms with Gasteiger partial charge >= 0.3 is 0 Å². The quantitative estimate of drug-likeness (QED) is 0.428. The molecule has 1 aliphatic rings. The maximum absolute atomic E-state index is 12.9. The van der Waals surface area contributed by atoms with Gasteiger partial charge in [-0.15, -0.1) is 0 Å². The van der Waals surface area contributed by atoms with E-state index in [1.54, 1.807) is 34.6 Å². The lowest BCUT2D eigenvalue weighted by molar-refractivity contribution is -0.645. The van der Waals surface area contributed by atoms with E-state index in [9.17, 15) is 18.4 Å². The lowest BCUT2D eigenvalue weighted by Gasteiger charge is -2.34. The van der Waals surface area contributed by atoms with Gasteiger partial charge in [-0.1, -0.05) is 13.8 Å². The summed E-state index contributed by atoms with van der Waals surface area (Å²) < 4.78 is 28.1. The molecule has 2 atom stereocenters. The van der Waals surface area contributed by atoms with Gasteiger partial charge in [0, 0.05) is 30.9 Å². The number of hydrogen-bond donors (Lipinski definition) is 1. The summed E-state index contributed by atoms with van der Waals surface area (Å²) in [5, 5.41) is 14.8. The number of nitrogens with zero attached hydrogens (tertiary/aromatic N) is 2. The van der Waals surface area contributed by atoms with E-state index in [4.69, 9.17) is 0 Å². The number of sulfonamides is 1. The maximum Gasteiger partial charge on any atom is 0.251 e. The van der Waals surface area contributed by atoms with E-state index in [0.717, 1.165) is 18.2 Å². The van der Waals surface area contributed by atoms with Crippen LogP contribution in [0.2, 0.25) is 0 Å². The van der Waals surface area contributed by atoms with E-state index < -0.39 is 10.0 Å². The third-order valence-electron chi connectivity index (χ3n) is 4.75. The average Bonchev–Trinajstić information content (AvgIpc) is 2.67. The topological polar surface area (TPSA) is 93.4 Å². The lowest BCUT2D eigenvalue weighted by Crippen LogP contribution is -2.42. The SMILES string of the molecule is C[C@@H]1C[C@@H](C)CN(S(=O)(=O)c2ccc(NC(=O)CSc3cccc[n+]3[O-])cc2)C1. The highest BCUT2D eigenvalue weighted by atomic mass is 32.2. The van der Waals surface area contributed by atoms with Crippen molar-refractivity contribution < 1.29 is 17.9 Å². The Morgan fingerprint density at radius 3 is 2.45 bits per heavy atom. The van der Waals surface area contributed by atoms with Crippen molar-refractivity contribution in [3.8, 4) is 0 Å². The van der Waals surface area contributed by atoms with E-state index in [1.807, 2.05) is 0 Å². The molecule has 1 N–H and O–H groups in total. The summed E-state index contributed by atoms with van der Waals surface area (Å²) in [6.07, 6.45) is 2.41. The second-order valence-corrected chi connectivity index (χ2v) is 10.4. The van der Waals surface area contributed by atoms with Gasteiger partial charge in [0.15, 0.2) is 6.20 Å². The molecular weight excluding hydrogens is 410 g/mol. The van der Waals surface area contributed by atoms with Crippen LogP contribution in [0.5, 0.6) is 0 Å². The molecule has 29 heavy (non-hydrogen) atoms. The molecule has 0 aliphatic carbocycles. The molecule has 0 bridgehead atoms. The van der Waals surface area contributed by atoms with Gasteiger partial charge in [0.25, 0.3) is 5.03 Å². The number of amides is 1. The number of pyridine rings is 1. The fourth-order valence-electron chi connectivity index (χ4n) is 3.52. The van der Waals surface area contributed by atoms with Crippen LogP contribution in [0.4, 0.5) is 5.69 Å². The number of nitrogens with one attached hydrogen (secondary N) is 1.